The monoisotopic (exact) mass is 911 g/mol. The van der Waals surface area contributed by atoms with E-state index in [-0.39, 0.29) is 24.1 Å². The molecule has 0 aliphatic rings. The van der Waals surface area contributed by atoms with Gasteiger partial charge in [-0.1, -0.05) is 169 Å². The molecule has 0 aliphatic heterocycles. The Bertz CT molecular complexity index is 1000. The lowest BCUT2D eigenvalue weighted by molar-refractivity contribution is -0.146. The van der Waals surface area contributed by atoms with E-state index >= 15 is 0 Å². The topological polar surface area (TPSA) is 129 Å². The number of nitrogens with one attached hydrogen (secondary N) is 2. The minimum atomic E-state index is -0.475. The van der Waals surface area contributed by atoms with Crippen molar-refractivity contribution in [3.8, 4) is 0 Å². The molecule has 2 atom stereocenters. The normalized spacial score (nSPS) is 12.4. The number of ether oxygens (including phenoxy) is 4. The lowest BCUT2D eigenvalue weighted by Gasteiger charge is -2.19. The molecule has 380 valence electrons. The fourth-order valence-corrected chi connectivity index (χ4v) is 7.49. The van der Waals surface area contributed by atoms with Gasteiger partial charge in [-0.3, -0.25) is 9.59 Å². The van der Waals surface area contributed by atoms with Gasteiger partial charge in [0.05, 0.1) is 13.2 Å². The second-order valence-electron chi connectivity index (χ2n) is 20.4. The number of amides is 2. The first kappa shape index (κ1) is 63.6. The highest BCUT2D eigenvalue weighted by Gasteiger charge is 2.17. The summed E-state index contributed by atoms with van der Waals surface area (Å²) in [5.41, 5.74) is -0.951. The van der Waals surface area contributed by atoms with E-state index in [1.165, 1.54) is 154 Å². The minimum Gasteiger partial charge on any atom is -0.465 e. The van der Waals surface area contributed by atoms with E-state index < -0.39 is 11.2 Å². The van der Waals surface area contributed by atoms with Gasteiger partial charge in [-0.2, -0.15) is 0 Å². The molecule has 0 aromatic rings. The van der Waals surface area contributed by atoms with Crippen LogP contribution in [-0.2, 0) is 28.5 Å². The largest absolute Gasteiger partial charge is 0.465 e. The van der Waals surface area contributed by atoms with Gasteiger partial charge in [-0.15, -0.1) is 0 Å². The minimum absolute atomic E-state index is 0.0772. The number of carbonyl (C=O) groups excluding carboxylic acids is 4. The molecule has 0 saturated heterocycles. The Hall–Kier alpha value is -2.52. The van der Waals surface area contributed by atoms with Crippen LogP contribution in [0.15, 0.2) is 0 Å². The maximum absolute atomic E-state index is 12.2. The van der Waals surface area contributed by atoms with Crippen LogP contribution in [0.25, 0.3) is 0 Å². The number of unbranched alkanes of at least 4 members (excludes halogenated alkanes) is 20. The Balaban J connectivity index is 0. The first-order valence-electron chi connectivity index (χ1n) is 26.8. The SMILES string of the molecule is CCCCCCCCC(CCCCCC)COC(=O)CCCCCNC(=O)OC(C)(C)C.CCCCCCCCC(CCCCCC)COC(=O)CCCCCNC(=O)OC(C)(C)C. The summed E-state index contributed by atoms with van der Waals surface area (Å²) in [6.45, 7) is 22.4. The second-order valence-corrected chi connectivity index (χ2v) is 20.4. The van der Waals surface area contributed by atoms with Crippen molar-refractivity contribution in [1.82, 2.24) is 10.6 Å². The highest BCUT2D eigenvalue weighted by Crippen LogP contribution is 2.21. The molecule has 0 heterocycles. The Kier molecular flexibility index (Phi) is 44.0. The Morgan fingerprint density at radius 1 is 0.375 bits per heavy atom. The van der Waals surface area contributed by atoms with Gasteiger partial charge in [-0.05, 0) is 105 Å². The quantitative estimate of drug-likeness (QED) is 0.0353. The van der Waals surface area contributed by atoms with E-state index in [1.807, 2.05) is 41.5 Å². The van der Waals surface area contributed by atoms with E-state index in [0.29, 0.717) is 51.0 Å². The standard InChI is InChI=1S/2C27H53NO4/c2*1-6-8-10-12-13-16-20-24(19-15-11-9-7-2)23-31-25(29)21-17-14-18-22-28-26(30)32-27(3,4)5/h2*24H,6-23H2,1-5H3,(H,28,30). The third-order valence-corrected chi connectivity index (χ3v) is 11.3. The molecule has 2 unspecified atom stereocenters. The van der Waals surface area contributed by atoms with Crippen LogP contribution in [0.4, 0.5) is 9.59 Å². The van der Waals surface area contributed by atoms with Crippen molar-refractivity contribution in [2.45, 2.75) is 286 Å². The fraction of sp³-hybridized carbons (Fsp3) is 0.926. The smallest absolute Gasteiger partial charge is 0.407 e. The molecule has 0 saturated carbocycles. The van der Waals surface area contributed by atoms with Crippen LogP contribution in [0.1, 0.15) is 275 Å². The molecule has 0 aromatic heterocycles. The highest BCUT2D eigenvalue weighted by atomic mass is 16.6. The molecule has 2 amide bonds. The van der Waals surface area contributed by atoms with Crippen molar-refractivity contribution in [1.29, 1.82) is 0 Å². The summed E-state index contributed by atoms with van der Waals surface area (Å²) in [5, 5.41) is 5.51. The van der Waals surface area contributed by atoms with Gasteiger partial charge in [0.2, 0.25) is 0 Å². The molecule has 0 aromatic carbocycles. The summed E-state index contributed by atoms with van der Waals surface area (Å²) in [7, 11) is 0. The highest BCUT2D eigenvalue weighted by molar-refractivity contribution is 5.69. The van der Waals surface area contributed by atoms with Gasteiger partial charge in [0.15, 0.2) is 0 Å². The van der Waals surface area contributed by atoms with E-state index in [9.17, 15) is 19.2 Å². The number of hydrogen-bond acceptors (Lipinski definition) is 8. The van der Waals surface area contributed by atoms with Crippen LogP contribution in [-0.4, -0.2) is 61.6 Å². The summed E-state index contributed by atoms with van der Waals surface area (Å²) in [6, 6.07) is 0. The van der Waals surface area contributed by atoms with Gasteiger partial charge in [0.1, 0.15) is 11.2 Å². The summed E-state index contributed by atoms with van der Waals surface area (Å²) < 4.78 is 21.7. The van der Waals surface area contributed by atoms with Crippen LogP contribution in [0.5, 0.6) is 0 Å². The predicted octanol–water partition coefficient (Wildman–Crippen LogP) is 15.9. The van der Waals surface area contributed by atoms with Gasteiger partial charge in [-0.25, -0.2) is 9.59 Å². The Labute approximate surface area is 395 Å². The zero-order valence-corrected chi connectivity index (χ0v) is 43.9. The summed E-state index contributed by atoms with van der Waals surface area (Å²) in [5.74, 6) is 0.873. The molecular weight excluding hydrogens is 805 g/mol. The molecule has 0 aliphatic carbocycles. The zero-order chi connectivity index (χ0) is 48.2. The van der Waals surface area contributed by atoms with E-state index in [1.54, 1.807) is 0 Å². The molecule has 0 radical (unpaired) electrons. The molecule has 10 heteroatoms. The van der Waals surface area contributed by atoms with Gasteiger partial charge in [0.25, 0.3) is 0 Å². The van der Waals surface area contributed by atoms with Crippen LogP contribution in [0.2, 0.25) is 0 Å². The Morgan fingerprint density at radius 3 is 0.938 bits per heavy atom. The molecule has 0 rings (SSSR count). The lowest BCUT2D eigenvalue weighted by Crippen LogP contribution is -2.33. The van der Waals surface area contributed by atoms with E-state index in [4.69, 9.17) is 18.9 Å². The van der Waals surface area contributed by atoms with Gasteiger partial charge < -0.3 is 29.6 Å². The van der Waals surface area contributed by atoms with Crippen LogP contribution >= 0.6 is 0 Å². The predicted molar refractivity (Wildman–Crippen MR) is 268 cm³/mol. The Morgan fingerprint density at radius 2 is 0.641 bits per heavy atom. The lowest BCUT2D eigenvalue weighted by atomic mass is 9.95. The third kappa shape index (κ3) is 50.5. The van der Waals surface area contributed by atoms with Gasteiger partial charge >= 0.3 is 24.1 Å². The average molecular weight is 911 g/mol. The van der Waals surface area contributed by atoms with Crippen molar-refractivity contribution in [3.63, 3.8) is 0 Å². The summed E-state index contributed by atoms with van der Waals surface area (Å²) in [4.78, 5) is 47.5. The van der Waals surface area contributed by atoms with E-state index in [0.717, 1.165) is 38.5 Å². The van der Waals surface area contributed by atoms with Crippen molar-refractivity contribution in [3.05, 3.63) is 0 Å². The molecule has 64 heavy (non-hydrogen) atoms. The van der Waals surface area contributed by atoms with Crippen molar-refractivity contribution in [2.75, 3.05) is 26.3 Å². The molecule has 0 spiro atoms. The van der Waals surface area contributed by atoms with Crippen LogP contribution in [0, 0.1) is 11.8 Å². The van der Waals surface area contributed by atoms with Crippen LogP contribution in [0.3, 0.4) is 0 Å². The zero-order valence-electron chi connectivity index (χ0n) is 43.9. The van der Waals surface area contributed by atoms with Crippen molar-refractivity contribution in [2.24, 2.45) is 11.8 Å². The number of esters is 2. The molecular formula is C54H106N2O8. The first-order valence-corrected chi connectivity index (χ1v) is 26.8. The molecule has 0 bridgehead atoms. The second kappa shape index (κ2) is 44.3. The number of alkyl carbamates (subject to hydrolysis) is 2. The summed E-state index contributed by atoms with van der Waals surface area (Å²) >= 11 is 0. The fourth-order valence-electron chi connectivity index (χ4n) is 7.49. The number of carbonyl (C=O) groups is 4. The van der Waals surface area contributed by atoms with E-state index in [2.05, 4.69) is 38.3 Å². The first-order chi connectivity index (χ1) is 30.6. The molecule has 0 fully saturated rings. The summed E-state index contributed by atoms with van der Waals surface area (Å²) in [6.07, 6.45) is 35.8. The maximum Gasteiger partial charge on any atom is 0.407 e. The van der Waals surface area contributed by atoms with Gasteiger partial charge in [0, 0.05) is 25.9 Å². The van der Waals surface area contributed by atoms with Crippen molar-refractivity contribution >= 4 is 24.1 Å². The number of rotatable bonds is 40. The molecule has 2 N–H and O–H groups in total. The third-order valence-electron chi connectivity index (χ3n) is 11.3. The van der Waals surface area contributed by atoms with Crippen molar-refractivity contribution < 1.29 is 38.1 Å². The van der Waals surface area contributed by atoms with Crippen LogP contribution < -0.4 is 10.6 Å². The molecule has 10 nitrogen and oxygen atoms in total. The average Bonchev–Trinajstić information content (AvgIpc) is 3.22. The maximum atomic E-state index is 12.2. The number of hydrogen-bond donors (Lipinski definition) is 2.